The Hall–Kier alpha value is -3.10. The maximum absolute atomic E-state index is 12.5. The third-order valence-electron chi connectivity index (χ3n) is 5.69. The molecular formula is C23H27N3O5. The summed E-state index contributed by atoms with van der Waals surface area (Å²) in [6.45, 7) is 7.19. The van der Waals surface area contributed by atoms with E-state index in [-0.39, 0.29) is 12.8 Å². The molecule has 0 aliphatic carbocycles. The van der Waals surface area contributed by atoms with E-state index in [0.717, 1.165) is 29.8 Å². The second-order valence-corrected chi connectivity index (χ2v) is 7.74. The van der Waals surface area contributed by atoms with E-state index < -0.39 is 11.8 Å². The van der Waals surface area contributed by atoms with Crippen molar-refractivity contribution in [2.24, 2.45) is 0 Å². The number of hydrogen-bond acceptors (Lipinski definition) is 6. The molecule has 0 unspecified atom stereocenters. The first-order chi connectivity index (χ1) is 15.0. The minimum Gasteiger partial charge on any atom is -0.454 e. The van der Waals surface area contributed by atoms with Gasteiger partial charge in [-0.15, -0.1) is 0 Å². The van der Waals surface area contributed by atoms with E-state index in [2.05, 4.69) is 15.5 Å². The van der Waals surface area contributed by atoms with Gasteiger partial charge in [0, 0.05) is 25.3 Å². The molecule has 2 N–H and O–H groups in total. The second kappa shape index (κ2) is 9.36. The lowest BCUT2D eigenvalue weighted by Crippen LogP contribution is -2.45. The number of nitrogens with zero attached hydrogens (tertiary/aromatic N) is 1. The molecule has 0 spiro atoms. The summed E-state index contributed by atoms with van der Waals surface area (Å²) in [4.78, 5) is 27.1. The Bertz CT molecular complexity index is 972. The number of nitrogens with one attached hydrogen (secondary N) is 2. The van der Waals surface area contributed by atoms with Crippen LogP contribution in [0.1, 0.15) is 22.7 Å². The van der Waals surface area contributed by atoms with Gasteiger partial charge in [0.1, 0.15) is 0 Å². The fourth-order valence-corrected chi connectivity index (χ4v) is 3.74. The topological polar surface area (TPSA) is 89.1 Å². The summed E-state index contributed by atoms with van der Waals surface area (Å²) >= 11 is 0. The maximum atomic E-state index is 12.5. The first-order valence-electron chi connectivity index (χ1n) is 10.4. The van der Waals surface area contributed by atoms with Crippen LogP contribution in [0.4, 0.5) is 5.69 Å². The molecule has 2 aromatic carbocycles. The lowest BCUT2D eigenvalue weighted by atomic mass is 10.0. The zero-order chi connectivity index (χ0) is 21.8. The highest BCUT2D eigenvalue weighted by Crippen LogP contribution is 2.35. The Morgan fingerprint density at radius 1 is 0.968 bits per heavy atom. The van der Waals surface area contributed by atoms with Gasteiger partial charge >= 0.3 is 11.8 Å². The largest absolute Gasteiger partial charge is 0.454 e. The highest BCUT2D eigenvalue weighted by Gasteiger charge is 2.26. The molecule has 31 heavy (non-hydrogen) atoms. The number of carbonyl (C=O) groups excluding carboxylic acids is 2. The first-order valence-corrected chi connectivity index (χ1v) is 10.4. The van der Waals surface area contributed by atoms with Gasteiger partial charge in [0.2, 0.25) is 6.79 Å². The SMILES string of the molecule is Cc1ccc(NC(=O)C(=O)NC[C@H](c2ccc3c(c2)OCO3)N2CCOCC2)cc1C. The van der Waals surface area contributed by atoms with Gasteiger partial charge in [0.05, 0.1) is 19.3 Å². The highest BCUT2D eigenvalue weighted by atomic mass is 16.7. The van der Waals surface area contributed by atoms with E-state index >= 15 is 0 Å². The lowest BCUT2D eigenvalue weighted by molar-refractivity contribution is -0.136. The van der Waals surface area contributed by atoms with Gasteiger partial charge in [-0.25, -0.2) is 0 Å². The zero-order valence-electron chi connectivity index (χ0n) is 17.8. The van der Waals surface area contributed by atoms with Crippen molar-refractivity contribution < 1.29 is 23.8 Å². The van der Waals surface area contributed by atoms with E-state index in [9.17, 15) is 9.59 Å². The minimum atomic E-state index is -0.685. The van der Waals surface area contributed by atoms with Crippen molar-refractivity contribution in [1.29, 1.82) is 0 Å². The summed E-state index contributed by atoms with van der Waals surface area (Å²) in [6.07, 6.45) is 0. The lowest BCUT2D eigenvalue weighted by Gasteiger charge is -2.34. The number of aryl methyl sites for hydroxylation is 2. The van der Waals surface area contributed by atoms with E-state index in [1.807, 2.05) is 44.2 Å². The normalized spacial score (nSPS) is 16.6. The van der Waals surface area contributed by atoms with Gasteiger partial charge in [-0.3, -0.25) is 14.5 Å². The molecule has 0 bridgehead atoms. The van der Waals surface area contributed by atoms with Crippen molar-refractivity contribution >= 4 is 17.5 Å². The number of rotatable bonds is 5. The molecule has 8 nitrogen and oxygen atoms in total. The van der Waals surface area contributed by atoms with E-state index in [1.54, 1.807) is 6.07 Å². The molecule has 4 rings (SSSR count). The van der Waals surface area contributed by atoms with E-state index in [4.69, 9.17) is 14.2 Å². The van der Waals surface area contributed by atoms with Crippen LogP contribution in [0.25, 0.3) is 0 Å². The zero-order valence-corrected chi connectivity index (χ0v) is 17.8. The summed E-state index contributed by atoms with van der Waals surface area (Å²) in [6, 6.07) is 11.2. The molecule has 0 aromatic heterocycles. The molecule has 2 aliphatic rings. The molecule has 2 amide bonds. The summed E-state index contributed by atoms with van der Waals surface area (Å²) in [7, 11) is 0. The standard InChI is InChI=1S/C23H27N3O5/c1-15-3-5-18(11-16(15)2)25-23(28)22(27)24-13-19(26-7-9-29-10-8-26)17-4-6-20-21(12-17)31-14-30-20/h3-6,11-12,19H,7-10,13-14H2,1-2H3,(H,24,27)(H,25,28)/t19-/m1/s1. The number of benzene rings is 2. The van der Waals surface area contributed by atoms with Crippen LogP contribution in [0, 0.1) is 13.8 Å². The Kier molecular flexibility index (Phi) is 6.39. The molecule has 8 heteroatoms. The molecule has 0 saturated carbocycles. The Morgan fingerprint density at radius 2 is 1.74 bits per heavy atom. The van der Waals surface area contributed by atoms with Crippen molar-refractivity contribution in [2.45, 2.75) is 19.9 Å². The third-order valence-corrected chi connectivity index (χ3v) is 5.69. The molecule has 0 radical (unpaired) electrons. The van der Waals surface area contributed by atoms with Crippen LogP contribution in [-0.2, 0) is 14.3 Å². The Morgan fingerprint density at radius 3 is 2.52 bits per heavy atom. The van der Waals surface area contributed by atoms with Gasteiger partial charge in [-0.2, -0.15) is 0 Å². The minimum absolute atomic E-state index is 0.114. The van der Waals surface area contributed by atoms with Crippen LogP contribution < -0.4 is 20.1 Å². The van der Waals surface area contributed by atoms with Crippen LogP contribution in [0.15, 0.2) is 36.4 Å². The molecular weight excluding hydrogens is 398 g/mol. The summed E-state index contributed by atoms with van der Waals surface area (Å²) in [5.74, 6) is 0.0442. The number of carbonyl (C=O) groups is 2. The number of hydrogen-bond donors (Lipinski definition) is 2. The number of amides is 2. The first kappa shape index (κ1) is 21.1. The summed E-state index contributed by atoms with van der Waals surface area (Å²) < 4.78 is 16.4. The smallest absolute Gasteiger partial charge is 0.313 e. The number of fused-ring (bicyclic) bond motifs is 1. The van der Waals surface area contributed by atoms with Crippen molar-refractivity contribution in [1.82, 2.24) is 10.2 Å². The van der Waals surface area contributed by atoms with E-state index in [0.29, 0.717) is 36.9 Å². The van der Waals surface area contributed by atoms with Crippen molar-refractivity contribution in [3.05, 3.63) is 53.1 Å². The Balaban J connectivity index is 1.43. The van der Waals surface area contributed by atoms with Crippen LogP contribution >= 0.6 is 0 Å². The maximum Gasteiger partial charge on any atom is 0.313 e. The molecule has 1 atom stereocenters. The predicted octanol–water partition coefficient (Wildman–Crippen LogP) is 2.16. The van der Waals surface area contributed by atoms with Gasteiger partial charge < -0.3 is 24.8 Å². The summed E-state index contributed by atoms with van der Waals surface area (Å²) in [5.41, 5.74) is 3.76. The molecule has 1 saturated heterocycles. The highest BCUT2D eigenvalue weighted by molar-refractivity contribution is 6.39. The van der Waals surface area contributed by atoms with Crippen LogP contribution in [0.3, 0.4) is 0 Å². The van der Waals surface area contributed by atoms with Gasteiger partial charge in [0.15, 0.2) is 11.5 Å². The monoisotopic (exact) mass is 425 g/mol. The Labute approximate surface area is 181 Å². The average Bonchev–Trinajstić information content (AvgIpc) is 3.25. The van der Waals surface area contributed by atoms with Crippen LogP contribution in [0.5, 0.6) is 11.5 Å². The van der Waals surface area contributed by atoms with Crippen LogP contribution in [0.2, 0.25) is 0 Å². The van der Waals surface area contributed by atoms with Crippen molar-refractivity contribution in [3.8, 4) is 11.5 Å². The fraction of sp³-hybridized carbons (Fsp3) is 0.391. The quantitative estimate of drug-likeness (QED) is 0.714. The fourth-order valence-electron chi connectivity index (χ4n) is 3.74. The van der Waals surface area contributed by atoms with E-state index in [1.165, 1.54) is 0 Å². The van der Waals surface area contributed by atoms with Gasteiger partial charge in [-0.05, 0) is 54.8 Å². The molecule has 1 fully saturated rings. The predicted molar refractivity (Wildman–Crippen MR) is 115 cm³/mol. The number of morpholine rings is 1. The number of ether oxygens (including phenoxy) is 3. The molecule has 164 valence electrons. The molecule has 2 aromatic rings. The van der Waals surface area contributed by atoms with Crippen molar-refractivity contribution in [2.75, 3.05) is 45.0 Å². The summed E-state index contributed by atoms with van der Waals surface area (Å²) in [5, 5.41) is 5.45. The van der Waals surface area contributed by atoms with Gasteiger partial charge in [-0.1, -0.05) is 12.1 Å². The number of anilines is 1. The van der Waals surface area contributed by atoms with Gasteiger partial charge in [0.25, 0.3) is 0 Å². The van der Waals surface area contributed by atoms with Crippen LogP contribution in [-0.4, -0.2) is 56.4 Å². The molecule has 2 aliphatic heterocycles. The third kappa shape index (κ3) is 4.98. The second-order valence-electron chi connectivity index (χ2n) is 7.74. The van der Waals surface area contributed by atoms with Crippen molar-refractivity contribution in [3.63, 3.8) is 0 Å². The molecule has 2 heterocycles. The average molecular weight is 425 g/mol.